The van der Waals surface area contributed by atoms with Gasteiger partial charge in [-0.05, 0) is 38.1 Å². The second-order valence-electron chi connectivity index (χ2n) is 3.90. The zero-order valence-electron chi connectivity index (χ0n) is 9.58. The van der Waals surface area contributed by atoms with Crippen LogP contribution in [0, 0.1) is 19.7 Å². The van der Waals surface area contributed by atoms with Crippen molar-refractivity contribution < 1.29 is 9.18 Å². The number of carbonyl (C=O) groups is 1. The summed E-state index contributed by atoms with van der Waals surface area (Å²) in [6.07, 6.45) is 0. The van der Waals surface area contributed by atoms with E-state index in [2.05, 4.69) is 0 Å². The van der Waals surface area contributed by atoms with E-state index in [9.17, 15) is 9.18 Å². The van der Waals surface area contributed by atoms with Gasteiger partial charge in [0.15, 0.2) is 5.78 Å². The molecule has 2 nitrogen and oxygen atoms in total. The Balaban J connectivity index is 2.50. The third-order valence-corrected chi connectivity index (χ3v) is 3.49. The fourth-order valence-corrected chi connectivity index (χ4v) is 2.64. The number of hydrogen-bond acceptors (Lipinski definition) is 3. The predicted octanol–water partition coefficient (Wildman–Crippen LogP) is 3.32. The molecule has 17 heavy (non-hydrogen) atoms. The molecule has 0 saturated carbocycles. The Morgan fingerprint density at radius 2 is 1.94 bits per heavy atom. The van der Waals surface area contributed by atoms with Crippen molar-refractivity contribution in [2.45, 2.75) is 13.8 Å². The summed E-state index contributed by atoms with van der Waals surface area (Å²) in [5.41, 5.74) is 6.54. The maximum atomic E-state index is 13.6. The first-order chi connectivity index (χ1) is 7.99. The van der Waals surface area contributed by atoms with Crippen molar-refractivity contribution >= 4 is 22.8 Å². The quantitative estimate of drug-likeness (QED) is 0.655. The van der Waals surface area contributed by atoms with Crippen LogP contribution >= 0.6 is 11.3 Å². The van der Waals surface area contributed by atoms with E-state index in [0.29, 0.717) is 11.3 Å². The molecule has 0 spiro atoms. The molecule has 88 valence electrons. The summed E-state index contributed by atoms with van der Waals surface area (Å²) >= 11 is 1.53. The molecule has 0 fully saturated rings. The Kier molecular flexibility index (Phi) is 2.98. The number of rotatable bonds is 2. The number of nitrogens with two attached hydrogens (primary N) is 1. The fraction of sp³-hybridized carbons (Fsp3) is 0.154. The van der Waals surface area contributed by atoms with Crippen molar-refractivity contribution in [2.24, 2.45) is 0 Å². The van der Waals surface area contributed by atoms with Crippen LogP contribution in [0.1, 0.15) is 25.7 Å². The Morgan fingerprint density at radius 1 is 1.24 bits per heavy atom. The number of halogens is 1. The Hall–Kier alpha value is -1.68. The van der Waals surface area contributed by atoms with E-state index >= 15 is 0 Å². The summed E-state index contributed by atoms with van der Waals surface area (Å²) in [6, 6.07) is 5.82. The van der Waals surface area contributed by atoms with Crippen molar-refractivity contribution in [1.82, 2.24) is 0 Å². The maximum Gasteiger partial charge on any atom is 0.197 e. The minimum absolute atomic E-state index is 0.0332. The Bertz CT molecular complexity index is 589. The highest BCUT2D eigenvalue weighted by Crippen LogP contribution is 2.25. The number of hydrogen-bond donors (Lipinski definition) is 1. The molecule has 1 aromatic carbocycles. The van der Waals surface area contributed by atoms with E-state index in [0.717, 1.165) is 9.75 Å². The van der Waals surface area contributed by atoms with Crippen LogP contribution < -0.4 is 5.73 Å². The third-order valence-electron chi connectivity index (χ3n) is 2.52. The fourth-order valence-electron chi connectivity index (χ4n) is 1.72. The lowest BCUT2D eigenvalue weighted by atomic mass is 10.0. The SMILES string of the molecule is Cc1cc(C(=O)c2cc(N)ccc2F)c(C)s1. The van der Waals surface area contributed by atoms with Gasteiger partial charge >= 0.3 is 0 Å². The summed E-state index contributed by atoms with van der Waals surface area (Å²) in [5.74, 6) is -0.843. The van der Waals surface area contributed by atoms with E-state index in [-0.39, 0.29) is 11.3 Å². The second kappa shape index (κ2) is 4.30. The van der Waals surface area contributed by atoms with Gasteiger partial charge in [-0.2, -0.15) is 0 Å². The van der Waals surface area contributed by atoms with Crippen molar-refractivity contribution in [3.63, 3.8) is 0 Å². The number of ketones is 1. The molecule has 0 radical (unpaired) electrons. The maximum absolute atomic E-state index is 13.6. The topological polar surface area (TPSA) is 43.1 Å². The molecule has 0 aliphatic heterocycles. The van der Waals surface area contributed by atoms with Crippen molar-refractivity contribution in [3.8, 4) is 0 Å². The normalized spacial score (nSPS) is 10.5. The average Bonchev–Trinajstić information content (AvgIpc) is 2.60. The van der Waals surface area contributed by atoms with Crippen LogP contribution in [0.5, 0.6) is 0 Å². The second-order valence-corrected chi connectivity index (χ2v) is 5.36. The van der Waals surface area contributed by atoms with Crippen LogP contribution in [0.2, 0.25) is 0 Å². The van der Waals surface area contributed by atoms with E-state index in [1.807, 2.05) is 13.8 Å². The first-order valence-corrected chi connectivity index (χ1v) is 5.97. The van der Waals surface area contributed by atoms with Gasteiger partial charge < -0.3 is 5.73 Å². The largest absolute Gasteiger partial charge is 0.399 e. The van der Waals surface area contributed by atoms with Crippen LogP contribution in [-0.2, 0) is 0 Å². The van der Waals surface area contributed by atoms with Crippen LogP contribution in [0.4, 0.5) is 10.1 Å². The minimum atomic E-state index is -0.535. The van der Waals surface area contributed by atoms with Gasteiger partial charge in [0, 0.05) is 21.0 Å². The predicted molar refractivity (Wildman–Crippen MR) is 68.0 cm³/mol. The van der Waals surface area contributed by atoms with Gasteiger partial charge in [-0.15, -0.1) is 11.3 Å². The molecule has 2 N–H and O–H groups in total. The standard InChI is InChI=1S/C13H12FNOS/c1-7-5-10(8(2)17-7)13(16)11-6-9(15)3-4-12(11)14/h3-6H,15H2,1-2H3. The molecule has 0 atom stereocenters. The van der Waals surface area contributed by atoms with Crippen LogP contribution in [0.25, 0.3) is 0 Å². The van der Waals surface area contributed by atoms with Crippen LogP contribution in [0.3, 0.4) is 0 Å². The molecule has 0 amide bonds. The first kappa shape index (κ1) is 11.8. The van der Waals surface area contributed by atoms with Gasteiger partial charge in [0.2, 0.25) is 0 Å². The Labute approximate surface area is 103 Å². The van der Waals surface area contributed by atoms with E-state index < -0.39 is 5.82 Å². The van der Waals surface area contributed by atoms with Gasteiger partial charge in [-0.25, -0.2) is 4.39 Å². The van der Waals surface area contributed by atoms with Crippen LogP contribution in [-0.4, -0.2) is 5.78 Å². The lowest BCUT2D eigenvalue weighted by molar-refractivity contribution is 0.103. The molecule has 2 aromatic rings. The van der Waals surface area contributed by atoms with Gasteiger partial charge in [0.25, 0.3) is 0 Å². The zero-order valence-corrected chi connectivity index (χ0v) is 10.4. The molecular weight excluding hydrogens is 237 g/mol. The van der Waals surface area contributed by atoms with Gasteiger partial charge in [-0.1, -0.05) is 0 Å². The smallest absolute Gasteiger partial charge is 0.197 e. The summed E-state index contributed by atoms with van der Waals surface area (Å²) in [4.78, 5) is 14.1. The molecule has 0 aliphatic rings. The highest BCUT2D eigenvalue weighted by Gasteiger charge is 2.17. The summed E-state index contributed by atoms with van der Waals surface area (Å²) < 4.78 is 13.6. The molecule has 0 aliphatic carbocycles. The summed E-state index contributed by atoms with van der Waals surface area (Å²) in [7, 11) is 0. The first-order valence-electron chi connectivity index (χ1n) is 5.16. The van der Waals surface area contributed by atoms with Gasteiger partial charge in [-0.3, -0.25) is 4.79 Å². The summed E-state index contributed by atoms with van der Waals surface area (Å²) in [5, 5.41) is 0. The average molecular weight is 249 g/mol. The van der Waals surface area contributed by atoms with Crippen molar-refractivity contribution in [3.05, 3.63) is 51.0 Å². The minimum Gasteiger partial charge on any atom is -0.399 e. The monoisotopic (exact) mass is 249 g/mol. The highest BCUT2D eigenvalue weighted by atomic mass is 32.1. The molecule has 4 heteroatoms. The number of aryl methyl sites for hydroxylation is 2. The number of benzene rings is 1. The highest BCUT2D eigenvalue weighted by molar-refractivity contribution is 7.12. The molecule has 2 rings (SSSR count). The number of nitrogen functional groups attached to an aromatic ring is 1. The summed E-state index contributed by atoms with van der Waals surface area (Å²) in [6.45, 7) is 3.78. The van der Waals surface area contributed by atoms with Gasteiger partial charge in [0.05, 0.1) is 5.56 Å². The van der Waals surface area contributed by atoms with Crippen molar-refractivity contribution in [1.29, 1.82) is 0 Å². The number of thiophene rings is 1. The van der Waals surface area contributed by atoms with E-state index in [4.69, 9.17) is 5.73 Å². The van der Waals surface area contributed by atoms with Gasteiger partial charge in [0.1, 0.15) is 5.82 Å². The lowest BCUT2D eigenvalue weighted by Gasteiger charge is -2.03. The molecular formula is C13H12FNOS. The molecule has 1 heterocycles. The number of anilines is 1. The number of carbonyl (C=O) groups excluding carboxylic acids is 1. The molecule has 0 bridgehead atoms. The van der Waals surface area contributed by atoms with E-state index in [1.165, 1.54) is 29.5 Å². The molecule has 0 unspecified atom stereocenters. The Morgan fingerprint density at radius 3 is 2.53 bits per heavy atom. The third kappa shape index (κ3) is 2.22. The molecule has 0 saturated heterocycles. The zero-order chi connectivity index (χ0) is 12.6. The van der Waals surface area contributed by atoms with Crippen molar-refractivity contribution in [2.75, 3.05) is 5.73 Å². The lowest BCUT2D eigenvalue weighted by Crippen LogP contribution is -2.05. The van der Waals surface area contributed by atoms with E-state index in [1.54, 1.807) is 6.07 Å². The van der Waals surface area contributed by atoms with Crippen LogP contribution in [0.15, 0.2) is 24.3 Å². The molecule has 1 aromatic heterocycles.